The van der Waals surface area contributed by atoms with Gasteiger partial charge in [0.15, 0.2) is 4.87 Å². The Kier molecular flexibility index (Phi) is 1.48. The van der Waals surface area contributed by atoms with E-state index in [9.17, 15) is 4.79 Å². The lowest BCUT2D eigenvalue weighted by atomic mass is 9.82. The van der Waals surface area contributed by atoms with E-state index in [-0.39, 0.29) is 5.97 Å². The topological polar surface area (TPSA) is 26.3 Å². The van der Waals surface area contributed by atoms with Crippen LogP contribution >= 0.6 is 11.6 Å². The summed E-state index contributed by atoms with van der Waals surface area (Å²) in [4.78, 5) is 9.97. The Hall–Kier alpha value is -0.240. The molecule has 0 spiro atoms. The van der Waals surface area contributed by atoms with Gasteiger partial charge in [-0.05, 0) is 20.3 Å². The van der Waals surface area contributed by atoms with Gasteiger partial charge in [0.1, 0.15) is 5.60 Å². The van der Waals surface area contributed by atoms with E-state index in [0.717, 1.165) is 6.42 Å². The second-order valence-electron chi connectivity index (χ2n) is 2.98. The van der Waals surface area contributed by atoms with Crippen LogP contribution in [0, 0.1) is 0 Å². The molecule has 1 aliphatic rings. The lowest BCUT2D eigenvalue weighted by Gasteiger charge is -2.48. The third kappa shape index (κ3) is 0.685. The Morgan fingerprint density at radius 3 is 2.20 bits per heavy atom. The molecule has 0 aromatic carbocycles. The molecule has 0 aromatic rings. The van der Waals surface area contributed by atoms with Crippen LogP contribution < -0.4 is 0 Å². The zero-order valence-electron chi connectivity index (χ0n) is 6.40. The van der Waals surface area contributed by atoms with Gasteiger partial charge in [-0.1, -0.05) is 6.92 Å². The average Bonchev–Trinajstić information content (AvgIpc) is 1.88. The number of alkyl halides is 1. The van der Waals surface area contributed by atoms with Gasteiger partial charge in [0.2, 0.25) is 0 Å². The minimum absolute atomic E-state index is 0.307. The van der Waals surface area contributed by atoms with Gasteiger partial charge in [-0.2, -0.15) is 0 Å². The van der Waals surface area contributed by atoms with Gasteiger partial charge in [0.05, 0.1) is 0 Å². The molecule has 1 saturated heterocycles. The molecule has 0 aliphatic carbocycles. The number of ether oxygens (including phenoxy) is 1. The van der Waals surface area contributed by atoms with Crippen LogP contribution in [0.2, 0.25) is 0 Å². The first kappa shape index (κ1) is 7.86. The molecular weight excluding hydrogens is 152 g/mol. The quantitative estimate of drug-likeness (QED) is 0.434. The summed E-state index contributed by atoms with van der Waals surface area (Å²) in [5.74, 6) is -0.307. The zero-order valence-corrected chi connectivity index (χ0v) is 7.16. The van der Waals surface area contributed by atoms with Crippen molar-refractivity contribution in [3.63, 3.8) is 0 Å². The number of rotatable bonds is 1. The maximum atomic E-state index is 10.8. The van der Waals surface area contributed by atoms with E-state index in [1.54, 1.807) is 6.92 Å². The predicted molar refractivity (Wildman–Crippen MR) is 39.0 cm³/mol. The van der Waals surface area contributed by atoms with Gasteiger partial charge in [-0.15, -0.1) is 11.6 Å². The summed E-state index contributed by atoms with van der Waals surface area (Å²) in [5.41, 5.74) is -0.453. The van der Waals surface area contributed by atoms with Crippen molar-refractivity contribution in [2.75, 3.05) is 0 Å². The number of esters is 1. The molecular formula is C7H11ClO2. The second kappa shape index (κ2) is 1.88. The highest BCUT2D eigenvalue weighted by Gasteiger charge is 2.61. The van der Waals surface area contributed by atoms with Crippen LogP contribution in [-0.2, 0) is 9.53 Å². The van der Waals surface area contributed by atoms with Crippen LogP contribution in [0.15, 0.2) is 0 Å². The molecule has 1 aliphatic heterocycles. The molecule has 10 heavy (non-hydrogen) atoms. The maximum Gasteiger partial charge on any atom is 0.331 e. The Bertz CT molecular complexity index is 176. The standard InChI is InChI=1S/C7H11ClO2/c1-4-6(2)7(3,8)5(9)10-6/h4H2,1-3H3/t6-,7+/m0/s1. The number of carbonyl (C=O) groups excluding carboxylic acids is 1. The minimum Gasteiger partial charge on any atom is -0.455 e. The molecule has 3 heteroatoms. The molecule has 0 N–H and O–H groups in total. The summed E-state index contributed by atoms with van der Waals surface area (Å²) in [6.45, 7) is 5.50. The molecule has 0 aromatic heterocycles. The van der Waals surface area contributed by atoms with E-state index in [2.05, 4.69) is 0 Å². The Morgan fingerprint density at radius 1 is 1.60 bits per heavy atom. The molecule has 58 valence electrons. The fourth-order valence-corrected chi connectivity index (χ4v) is 1.18. The monoisotopic (exact) mass is 162 g/mol. The summed E-state index contributed by atoms with van der Waals surface area (Å²) < 4.78 is 4.92. The van der Waals surface area contributed by atoms with Crippen LogP contribution in [0.4, 0.5) is 0 Å². The molecule has 1 fully saturated rings. The van der Waals surface area contributed by atoms with Gasteiger partial charge < -0.3 is 4.74 Å². The summed E-state index contributed by atoms with van der Waals surface area (Å²) in [6, 6.07) is 0. The van der Waals surface area contributed by atoms with E-state index < -0.39 is 10.5 Å². The molecule has 1 rings (SSSR count). The van der Waals surface area contributed by atoms with E-state index in [0.29, 0.717) is 0 Å². The van der Waals surface area contributed by atoms with Gasteiger partial charge in [0.25, 0.3) is 0 Å². The molecule has 0 unspecified atom stereocenters. The SMILES string of the molecule is CC[C@]1(C)OC(=O)[C@@]1(C)Cl. The fraction of sp³-hybridized carbons (Fsp3) is 0.857. The van der Waals surface area contributed by atoms with Gasteiger partial charge in [0, 0.05) is 0 Å². The van der Waals surface area contributed by atoms with Gasteiger partial charge >= 0.3 is 5.97 Å². The number of hydrogen-bond donors (Lipinski definition) is 0. The first-order valence-electron chi connectivity index (χ1n) is 3.36. The van der Waals surface area contributed by atoms with Crippen molar-refractivity contribution in [1.29, 1.82) is 0 Å². The highest BCUT2D eigenvalue weighted by Crippen LogP contribution is 2.45. The first-order valence-corrected chi connectivity index (χ1v) is 3.74. The number of hydrogen-bond acceptors (Lipinski definition) is 2. The summed E-state index contributed by atoms with van der Waals surface area (Å²) in [6.07, 6.45) is 0.763. The predicted octanol–water partition coefficient (Wildman–Crippen LogP) is 1.71. The number of halogens is 1. The van der Waals surface area contributed by atoms with E-state index in [1.807, 2.05) is 13.8 Å². The summed E-state index contributed by atoms with van der Waals surface area (Å²) >= 11 is 5.89. The number of cyclic esters (lactones) is 1. The van der Waals surface area contributed by atoms with Crippen molar-refractivity contribution in [3.8, 4) is 0 Å². The normalized spacial score (nSPS) is 46.2. The van der Waals surface area contributed by atoms with Crippen LogP contribution in [0.3, 0.4) is 0 Å². The van der Waals surface area contributed by atoms with Crippen molar-refractivity contribution >= 4 is 17.6 Å². The maximum absolute atomic E-state index is 10.8. The van der Waals surface area contributed by atoms with Gasteiger partial charge in [-0.25, -0.2) is 4.79 Å². The Labute approximate surface area is 65.5 Å². The zero-order chi connectivity index (χ0) is 7.99. The van der Waals surface area contributed by atoms with Crippen LogP contribution in [-0.4, -0.2) is 16.4 Å². The second-order valence-corrected chi connectivity index (χ2v) is 3.73. The van der Waals surface area contributed by atoms with Crippen molar-refractivity contribution < 1.29 is 9.53 Å². The summed E-state index contributed by atoms with van der Waals surface area (Å²) in [7, 11) is 0. The van der Waals surface area contributed by atoms with Gasteiger partial charge in [-0.3, -0.25) is 0 Å². The third-order valence-electron chi connectivity index (χ3n) is 2.37. The average molecular weight is 163 g/mol. The molecule has 1 heterocycles. The van der Waals surface area contributed by atoms with Crippen molar-refractivity contribution in [3.05, 3.63) is 0 Å². The summed E-state index contributed by atoms with van der Waals surface area (Å²) in [5, 5.41) is 0. The van der Waals surface area contributed by atoms with Crippen molar-refractivity contribution in [2.45, 2.75) is 37.7 Å². The highest BCUT2D eigenvalue weighted by atomic mass is 35.5. The van der Waals surface area contributed by atoms with E-state index in [4.69, 9.17) is 16.3 Å². The molecule has 0 saturated carbocycles. The Balaban J connectivity index is 2.80. The minimum atomic E-state index is -0.804. The largest absolute Gasteiger partial charge is 0.455 e. The van der Waals surface area contributed by atoms with Crippen LogP contribution in [0.5, 0.6) is 0 Å². The molecule has 0 radical (unpaired) electrons. The van der Waals surface area contributed by atoms with Crippen LogP contribution in [0.25, 0.3) is 0 Å². The fourth-order valence-electron chi connectivity index (χ4n) is 0.970. The first-order chi connectivity index (χ1) is 4.44. The van der Waals surface area contributed by atoms with Crippen molar-refractivity contribution in [2.24, 2.45) is 0 Å². The van der Waals surface area contributed by atoms with Crippen molar-refractivity contribution in [1.82, 2.24) is 0 Å². The number of carbonyl (C=O) groups is 1. The van der Waals surface area contributed by atoms with E-state index >= 15 is 0 Å². The Morgan fingerprint density at radius 2 is 2.10 bits per heavy atom. The van der Waals surface area contributed by atoms with Crippen LogP contribution in [0.1, 0.15) is 27.2 Å². The molecule has 2 nitrogen and oxygen atoms in total. The molecule has 0 amide bonds. The third-order valence-corrected chi connectivity index (χ3v) is 2.92. The van der Waals surface area contributed by atoms with E-state index in [1.165, 1.54) is 0 Å². The lowest BCUT2D eigenvalue weighted by Crippen LogP contribution is -2.65. The lowest BCUT2D eigenvalue weighted by molar-refractivity contribution is -0.200. The molecule has 0 bridgehead atoms. The molecule has 2 atom stereocenters. The highest BCUT2D eigenvalue weighted by molar-refractivity contribution is 6.36. The smallest absolute Gasteiger partial charge is 0.331 e.